The van der Waals surface area contributed by atoms with Crippen molar-refractivity contribution in [2.24, 2.45) is 10.8 Å². The van der Waals surface area contributed by atoms with Gasteiger partial charge in [0.15, 0.2) is 0 Å². The molecule has 2 aromatic carbocycles. The first-order valence-electron chi connectivity index (χ1n) is 7.43. The lowest BCUT2D eigenvalue weighted by atomic mass is 10.1. The fraction of sp³-hybridized carbons (Fsp3) is 0.118. The van der Waals surface area contributed by atoms with Gasteiger partial charge in [-0.1, -0.05) is 34.1 Å². The Balaban J connectivity index is 1.85. The van der Waals surface area contributed by atoms with E-state index in [1.165, 1.54) is 5.01 Å². The fourth-order valence-corrected chi connectivity index (χ4v) is 3.18. The number of amides is 2. The number of benzene rings is 2. The summed E-state index contributed by atoms with van der Waals surface area (Å²) in [4.78, 5) is 24.3. The number of anilines is 2. The molecule has 1 heterocycles. The summed E-state index contributed by atoms with van der Waals surface area (Å²) in [5, 5.41) is 8.61. The van der Waals surface area contributed by atoms with Gasteiger partial charge < -0.3 is 11.1 Å². The fourth-order valence-electron chi connectivity index (χ4n) is 2.48. The molecule has 0 radical (unpaired) electrons. The third-order valence-corrected chi connectivity index (χ3v) is 4.88. The van der Waals surface area contributed by atoms with Crippen LogP contribution in [0, 0.1) is 0 Å². The number of para-hydroxylation sites is 1. The summed E-state index contributed by atoms with van der Waals surface area (Å²) in [5.74, 6) is -0.900. The zero-order chi connectivity index (χ0) is 18.0. The Bertz CT molecular complexity index is 855. The van der Waals surface area contributed by atoms with E-state index >= 15 is 0 Å². The van der Waals surface area contributed by atoms with Gasteiger partial charge in [0.25, 0.3) is 5.91 Å². The standard InChI is InChI=1S/C17H14Br2N4O2/c18-10-6-7-12(19)13(8-10)21-17(25)14-9-15(16(20)24)23(22-14)11-4-2-1-3-5-11/h1-8,15H,9H2,(H2,20,24)(H,21,25). The van der Waals surface area contributed by atoms with E-state index in [4.69, 9.17) is 5.73 Å². The molecule has 8 heteroatoms. The van der Waals surface area contributed by atoms with Gasteiger partial charge in [-0.05, 0) is 46.3 Å². The van der Waals surface area contributed by atoms with Crippen LogP contribution in [0.1, 0.15) is 6.42 Å². The van der Waals surface area contributed by atoms with Gasteiger partial charge in [-0.15, -0.1) is 0 Å². The van der Waals surface area contributed by atoms with Gasteiger partial charge in [0, 0.05) is 15.4 Å². The van der Waals surface area contributed by atoms with E-state index in [0.29, 0.717) is 11.4 Å². The van der Waals surface area contributed by atoms with E-state index in [9.17, 15) is 9.59 Å². The van der Waals surface area contributed by atoms with Crippen molar-refractivity contribution in [2.45, 2.75) is 12.5 Å². The zero-order valence-corrected chi connectivity index (χ0v) is 16.1. The number of rotatable bonds is 4. The van der Waals surface area contributed by atoms with E-state index < -0.39 is 11.9 Å². The Morgan fingerprint density at radius 1 is 1.16 bits per heavy atom. The normalized spacial score (nSPS) is 16.5. The summed E-state index contributed by atoms with van der Waals surface area (Å²) in [6.45, 7) is 0. The first-order valence-corrected chi connectivity index (χ1v) is 9.02. The lowest BCUT2D eigenvalue weighted by Crippen LogP contribution is -2.39. The maximum atomic E-state index is 12.6. The van der Waals surface area contributed by atoms with Crippen LogP contribution in [0.5, 0.6) is 0 Å². The van der Waals surface area contributed by atoms with Crippen LogP contribution < -0.4 is 16.1 Å². The molecule has 1 aliphatic rings. The van der Waals surface area contributed by atoms with Crippen LogP contribution in [0.15, 0.2) is 62.6 Å². The Morgan fingerprint density at radius 3 is 2.56 bits per heavy atom. The monoisotopic (exact) mass is 464 g/mol. The van der Waals surface area contributed by atoms with Crippen molar-refractivity contribution in [1.29, 1.82) is 0 Å². The molecule has 0 bridgehead atoms. The molecule has 25 heavy (non-hydrogen) atoms. The Labute approximate surface area is 161 Å². The van der Waals surface area contributed by atoms with Crippen molar-refractivity contribution in [2.75, 3.05) is 10.3 Å². The van der Waals surface area contributed by atoms with Gasteiger partial charge >= 0.3 is 0 Å². The molecule has 128 valence electrons. The molecular formula is C17H14Br2N4O2. The highest BCUT2D eigenvalue weighted by molar-refractivity contribution is 9.11. The second kappa shape index (κ2) is 7.37. The topological polar surface area (TPSA) is 87.8 Å². The predicted molar refractivity (Wildman–Crippen MR) is 104 cm³/mol. The number of primary amides is 1. The van der Waals surface area contributed by atoms with Gasteiger partial charge in [-0.25, -0.2) is 0 Å². The number of hydrogen-bond acceptors (Lipinski definition) is 4. The molecular weight excluding hydrogens is 452 g/mol. The van der Waals surface area contributed by atoms with Crippen molar-refractivity contribution in [1.82, 2.24) is 0 Å². The Kier molecular flexibility index (Phi) is 5.19. The van der Waals surface area contributed by atoms with E-state index in [2.05, 4.69) is 42.3 Å². The van der Waals surface area contributed by atoms with Crippen LogP contribution in [0.25, 0.3) is 0 Å². The lowest BCUT2D eigenvalue weighted by molar-refractivity contribution is -0.119. The van der Waals surface area contributed by atoms with Crippen molar-refractivity contribution in [3.05, 3.63) is 57.5 Å². The average molecular weight is 466 g/mol. The van der Waals surface area contributed by atoms with Crippen molar-refractivity contribution >= 4 is 60.8 Å². The van der Waals surface area contributed by atoms with Crippen LogP contribution in [0.3, 0.4) is 0 Å². The van der Waals surface area contributed by atoms with E-state index in [-0.39, 0.29) is 18.0 Å². The zero-order valence-electron chi connectivity index (χ0n) is 12.9. The van der Waals surface area contributed by atoms with Crippen LogP contribution in [-0.4, -0.2) is 23.6 Å². The Hall–Kier alpha value is -2.19. The number of hydrogen-bond donors (Lipinski definition) is 2. The van der Waals surface area contributed by atoms with Gasteiger partial charge in [0.05, 0.1) is 11.4 Å². The maximum Gasteiger partial charge on any atom is 0.271 e. The SMILES string of the molecule is NC(=O)C1CC(C(=O)Nc2cc(Br)ccc2Br)=NN1c1ccccc1. The number of nitrogens with two attached hydrogens (primary N) is 1. The van der Waals surface area contributed by atoms with Crippen LogP contribution >= 0.6 is 31.9 Å². The number of halogens is 2. The van der Waals surface area contributed by atoms with Crippen molar-refractivity contribution < 1.29 is 9.59 Å². The van der Waals surface area contributed by atoms with E-state index in [0.717, 1.165) is 8.95 Å². The van der Waals surface area contributed by atoms with Crippen LogP contribution in [0.4, 0.5) is 11.4 Å². The summed E-state index contributed by atoms with van der Waals surface area (Å²) in [7, 11) is 0. The molecule has 0 fully saturated rings. The number of nitrogens with zero attached hydrogens (tertiary/aromatic N) is 2. The van der Waals surface area contributed by atoms with Crippen LogP contribution in [-0.2, 0) is 9.59 Å². The van der Waals surface area contributed by atoms with Crippen molar-refractivity contribution in [3.63, 3.8) is 0 Å². The molecule has 0 saturated carbocycles. The largest absolute Gasteiger partial charge is 0.368 e. The quantitative estimate of drug-likeness (QED) is 0.726. The summed E-state index contributed by atoms with van der Waals surface area (Å²) < 4.78 is 1.58. The van der Waals surface area contributed by atoms with Gasteiger partial charge in [-0.3, -0.25) is 14.6 Å². The molecule has 0 aliphatic carbocycles. The molecule has 3 rings (SSSR count). The molecule has 1 aliphatic heterocycles. The lowest BCUT2D eigenvalue weighted by Gasteiger charge is -2.20. The minimum Gasteiger partial charge on any atom is -0.368 e. The Morgan fingerprint density at radius 2 is 1.88 bits per heavy atom. The molecule has 0 saturated heterocycles. The number of carbonyl (C=O) groups excluding carboxylic acids is 2. The van der Waals surface area contributed by atoms with Crippen LogP contribution in [0.2, 0.25) is 0 Å². The van der Waals surface area contributed by atoms with E-state index in [1.54, 1.807) is 6.07 Å². The first-order chi connectivity index (χ1) is 12.0. The summed E-state index contributed by atoms with van der Waals surface area (Å²) >= 11 is 6.76. The maximum absolute atomic E-state index is 12.6. The number of hydrazone groups is 1. The molecule has 2 amide bonds. The van der Waals surface area contributed by atoms with Gasteiger partial charge in [-0.2, -0.15) is 5.10 Å². The second-order valence-corrected chi connectivity index (χ2v) is 7.20. The van der Waals surface area contributed by atoms with Gasteiger partial charge in [0.1, 0.15) is 11.8 Å². The molecule has 0 aromatic heterocycles. The smallest absolute Gasteiger partial charge is 0.271 e. The minimum absolute atomic E-state index is 0.154. The minimum atomic E-state index is -0.686. The summed E-state index contributed by atoms with van der Waals surface area (Å²) in [6.07, 6.45) is 0.154. The highest BCUT2D eigenvalue weighted by Crippen LogP contribution is 2.28. The predicted octanol–water partition coefficient (Wildman–Crippen LogP) is 3.27. The molecule has 2 aromatic rings. The molecule has 0 spiro atoms. The highest BCUT2D eigenvalue weighted by atomic mass is 79.9. The molecule has 1 unspecified atom stereocenters. The summed E-state index contributed by atoms with van der Waals surface area (Å²) in [6, 6.07) is 13.9. The molecule has 1 atom stereocenters. The van der Waals surface area contributed by atoms with Gasteiger partial charge in [0.2, 0.25) is 5.91 Å². The highest BCUT2D eigenvalue weighted by Gasteiger charge is 2.35. The number of carbonyl (C=O) groups is 2. The van der Waals surface area contributed by atoms with E-state index in [1.807, 2.05) is 42.5 Å². The van der Waals surface area contributed by atoms with Crippen molar-refractivity contribution in [3.8, 4) is 0 Å². The number of nitrogens with one attached hydrogen (secondary N) is 1. The first kappa shape index (κ1) is 17.6. The third kappa shape index (κ3) is 3.91. The third-order valence-electron chi connectivity index (χ3n) is 3.70. The summed E-state index contributed by atoms with van der Waals surface area (Å²) in [5.41, 5.74) is 7.05. The average Bonchev–Trinajstić information content (AvgIpc) is 3.05. The molecule has 6 nitrogen and oxygen atoms in total. The second-order valence-electron chi connectivity index (χ2n) is 5.43. The molecule has 3 N–H and O–H groups in total.